The normalized spacial score (nSPS) is 13.2. The minimum absolute atomic E-state index is 0.0635. The Morgan fingerprint density at radius 2 is 2.05 bits per heavy atom. The summed E-state index contributed by atoms with van der Waals surface area (Å²) in [5.41, 5.74) is 6.90. The molecule has 0 bridgehead atoms. The number of nitrogens with two attached hydrogens (primary N) is 1. The molecule has 1 rings (SSSR count). The van der Waals surface area contributed by atoms with Gasteiger partial charge < -0.3 is 11.1 Å². The molecule has 106 valence electrons. The largest absolute Gasteiger partial charge is 0.350 e. The van der Waals surface area contributed by atoms with Gasteiger partial charge in [-0.25, -0.2) is 4.39 Å². The molecule has 4 heteroatoms. The van der Waals surface area contributed by atoms with Crippen molar-refractivity contribution in [2.24, 2.45) is 11.1 Å². The highest BCUT2D eigenvalue weighted by Crippen LogP contribution is 2.19. The van der Waals surface area contributed by atoms with Crippen molar-refractivity contribution in [3.05, 3.63) is 35.1 Å². The maximum Gasteiger partial charge on any atom is 0.254 e. The van der Waals surface area contributed by atoms with Gasteiger partial charge in [0.25, 0.3) is 5.91 Å². The number of nitrogens with one attached hydrogen (secondary N) is 1. The van der Waals surface area contributed by atoms with Crippen LogP contribution in [0.25, 0.3) is 0 Å². The highest BCUT2D eigenvalue weighted by molar-refractivity contribution is 5.94. The molecule has 0 saturated heterocycles. The van der Waals surface area contributed by atoms with Crippen molar-refractivity contribution in [1.29, 1.82) is 0 Å². The van der Waals surface area contributed by atoms with E-state index in [4.69, 9.17) is 5.73 Å². The minimum Gasteiger partial charge on any atom is -0.350 e. The van der Waals surface area contributed by atoms with E-state index >= 15 is 0 Å². The van der Waals surface area contributed by atoms with Crippen LogP contribution in [0.15, 0.2) is 18.2 Å². The first-order valence-electron chi connectivity index (χ1n) is 6.49. The van der Waals surface area contributed by atoms with Crippen molar-refractivity contribution in [3.8, 4) is 0 Å². The molecule has 0 spiro atoms. The summed E-state index contributed by atoms with van der Waals surface area (Å²) in [5, 5.41) is 2.68. The number of carbonyl (C=O) groups is 1. The van der Waals surface area contributed by atoms with Gasteiger partial charge in [-0.1, -0.05) is 26.8 Å². The maximum atomic E-state index is 13.6. The van der Waals surface area contributed by atoms with Crippen LogP contribution < -0.4 is 11.1 Å². The Morgan fingerprint density at radius 3 is 2.58 bits per heavy atom. The molecule has 1 amide bonds. The number of hydrogen-bond acceptors (Lipinski definition) is 2. The summed E-state index contributed by atoms with van der Waals surface area (Å²) in [7, 11) is 0. The molecular formula is C15H23FN2O. The molecule has 1 aromatic rings. The van der Waals surface area contributed by atoms with Gasteiger partial charge in [0.05, 0.1) is 5.56 Å². The molecule has 19 heavy (non-hydrogen) atoms. The van der Waals surface area contributed by atoms with Crippen LogP contribution >= 0.6 is 0 Å². The predicted octanol–water partition coefficient (Wildman–Crippen LogP) is 2.63. The summed E-state index contributed by atoms with van der Waals surface area (Å²) in [6, 6.07) is 4.43. The first-order chi connectivity index (χ1) is 8.69. The van der Waals surface area contributed by atoms with Crippen LogP contribution in [0.1, 0.15) is 43.1 Å². The second-order valence-corrected chi connectivity index (χ2v) is 6.22. The Hall–Kier alpha value is -1.42. The Labute approximate surface area is 114 Å². The van der Waals surface area contributed by atoms with E-state index in [-0.39, 0.29) is 17.0 Å². The summed E-state index contributed by atoms with van der Waals surface area (Å²) in [6.07, 6.45) is 0.795. The zero-order chi connectivity index (χ0) is 14.6. The Balaban J connectivity index is 2.56. The Kier molecular flexibility index (Phi) is 5.06. The van der Waals surface area contributed by atoms with Crippen molar-refractivity contribution in [3.63, 3.8) is 0 Å². The van der Waals surface area contributed by atoms with Gasteiger partial charge in [-0.15, -0.1) is 0 Å². The Bertz CT molecular complexity index is 452. The fourth-order valence-corrected chi connectivity index (χ4v) is 1.98. The zero-order valence-corrected chi connectivity index (χ0v) is 12.1. The molecule has 0 saturated carbocycles. The smallest absolute Gasteiger partial charge is 0.254 e. The van der Waals surface area contributed by atoms with Crippen LogP contribution in [-0.4, -0.2) is 18.5 Å². The number of rotatable bonds is 4. The second kappa shape index (κ2) is 6.15. The molecule has 0 aliphatic rings. The molecule has 0 heterocycles. The van der Waals surface area contributed by atoms with Gasteiger partial charge in [0, 0.05) is 12.6 Å². The van der Waals surface area contributed by atoms with E-state index < -0.39 is 11.7 Å². The van der Waals surface area contributed by atoms with Crippen molar-refractivity contribution in [2.75, 3.05) is 6.54 Å². The fourth-order valence-electron chi connectivity index (χ4n) is 1.98. The number of benzene rings is 1. The SMILES string of the molecule is Cc1ccc(C(=O)NCC(N)CC(C)(C)C)c(F)c1. The molecule has 0 fully saturated rings. The van der Waals surface area contributed by atoms with E-state index in [0.717, 1.165) is 12.0 Å². The van der Waals surface area contributed by atoms with Gasteiger partial charge in [0.2, 0.25) is 0 Å². The van der Waals surface area contributed by atoms with Crippen molar-refractivity contribution in [2.45, 2.75) is 40.2 Å². The zero-order valence-electron chi connectivity index (χ0n) is 12.1. The quantitative estimate of drug-likeness (QED) is 0.880. The highest BCUT2D eigenvalue weighted by atomic mass is 19.1. The number of hydrogen-bond donors (Lipinski definition) is 2. The summed E-state index contributed by atoms with van der Waals surface area (Å²) in [4.78, 5) is 11.8. The van der Waals surface area contributed by atoms with Gasteiger partial charge in [-0.2, -0.15) is 0 Å². The molecule has 0 radical (unpaired) electrons. The van der Waals surface area contributed by atoms with E-state index in [9.17, 15) is 9.18 Å². The molecule has 0 aliphatic carbocycles. The van der Waals surface area contributed by atoms with Gasteiger partial charge in [-0.05, 0) is 36.5 Å². The number of amides is 1. The standard InChI is InChI=1S/C15H23FN2O/c1-10-5-6-12(13(16)7-10)14(19)18-9-11(17)8-15(2,3)4/h5-7,11H,8-9,17H2,1-4H3,(H,18,19). The van der Waals surface area contributed by atoms with Crippen molar-refractivity contribution >= 4 is 5.91 Å². The summed E-state index contributed by atoms with van der Waals surface area (Å²) >= 11 is 0. The Morgan fingerprint density at radius 1 is 1.42 bits per heavy atom. The fraction of sp³-hybridized carbons (Fsp3) is 0.533. The third-order valence-electron chi connectivity index (χ3n) is 2.77. The highest BCUT2D eigenvalue weighted by Gasteiger charge is 2.17. The molecular weight excluding hydrogens is 243 g/mol. The van der Waals surface area contributed by atoms with E-state index in [1.165, 1.54) is 12.1 Å². The molecule has 1 atom stereocenters. The van der Waals surface area contributed by atoms with Crippen LogP contribution in [0, 0.1) is 18.2 Å². The lowest BCUT2D eigenvalue weighted by Crippen LogP contribution is -2.39. The number of halogens is 1. The molecule has 3 nitrogen and oxygen atoms in total. The number of carbonyl (C=O) groups excluding carboxylic acids is 1. The van der Waals surface area contributed by atoms with Gasteiger partial charge in [0.1, 0.15) is 5.82 Å². The van der Waals surface area contributed by atoms with Crippen LogP contribution in [0.3, 0.4) is 0 Å². The third kappa shape index (κ3) is 5.39. The van der Waals surface area contributed by atoms with Crippen molar-refractivity contribution < 1.29 is 9.18 Å². The molecule has 0 aliphatic heterocycles. The van der Waals surface area contributed by atoms with Crippen LogP contribution in [0.5, 0.6) is 0 Å². The van der Waals surface area contributed by atoms with Crippen LogP contribution in [0.4, 0.5) is 4.39 Å². The second-order valence-electron chi connectivity index (χ2n) is 6.22. The van der Waals surface area contributed by atoms with E-state index in [2.05, 4.69) is 26.1 Å². The average Bonchev–Trinajstić information content (AvgIpc) is 2.23. The molecule has 1 unspecified atom stereocenters. The first kappa shape index (κ1) is 15.6. The van der Waals surface area contributed by atoms with Gasteiger partial charge in [0.15, 0.2) is 0 Å². The van der Waals surface area contributed by atoms with Gasteiger partial charge in [-0.3, -0.25) is 4.79 Å². The van der Waals surface area contributed by atoms with Crippen LogP contribution in [0.2, 0.25) is 0 Å². The lowest BCUT2D eigenvalue weighted by atomic mass is 9.88. The summed E-state index contributed by atoms with van der Waals surface area (Å²) < 4.78 is 13.6. The predicted molar refractivity (Wildman–Crippen MR) is 75.5 cm³/mol. The summed E-state index contributed by atoms with van der Waals surface area (Å²) in [5.74, 6) is -0.913. The van der Waals surface area contributed by atoms with Crippen molar-refractivity contribution in [1.82, 2.24) is 5.32 Å². The van der Waals surface area contributed by atoms with Crippen LogP contribution in [-0.2, 0) is 0 Å². The topological polar surface area (TPSA) is 55.1 Å². The van der Waals surface area contributed by atoms with E-state index in [1.807, 2.05) is 0 Å². The van der Waals surface area contributed by atoms with E-state index in [1.54, 1.807) is 13.0 Å². The lowest BCUT2D eigenvalue weighted by Gasteiger charge is -2.23. The molecule has 3 N–H and O–H groups in total. The minimum atomic E-state index is -0.498. The molecule has 0 aromatic heterocycles. The number of aryl methyl sites for hydroxylation is 1. The van der Waals surface area contributed by atoms with E-state index in [0.29, 0.717) is 6.54 Å². The average molecular weight is 266 g/mol. The molecule has 1 aromatic carbocycles. The monoisotopic (exact) mass is 266 g/mol. The third-order valence-corrected chi connectivity index (χ3v) is 2.77. The first-order valence-corrected chi connectivity index (χ1v) is 6.49. The van der Waals surface area contributed by atoms with Gasteiger partial charge >= 0.3 is 0 Å². The lowest BCUT2D eigenvalue weighted by molar-refractivity contribution is 0.0944. The maximum absolute atomic E-state index is 13.6. The summed E-state index contributed by atoms with van der Waals surface area (Å²) in [6.45, 7) is 8.41.